The number of likely N-dealkylation sites (N-methyl/N-ethyl adjacent to an activating group) is 1. The standard InChI is InChI=1S/C24H28N8O3/c1-25-20-10-18(16-12-31(13-21(33)30(2)3)22-14(16)6-5-9-26-22)28-23-15(11-27-32(20)23)24(34)29-17-7-8-19(17)35-4/h5-6,9-12,17,19,25H,7-8,13H2,1-4H3,(H,29,34)/t17?,19-/m1/s1. The molecule has 2 atom stereocenters. The quantitative estimate of drug-likeness (QED) is 0.417. The van der Waals surface area contributed by atoms with Gasteiger partial charge < -0.3 is 24.8 Å². The van der Waals surface area contributed by atoms with Gasteiger partial charge >= 0.3 is 0 Å². The molecule has 0 saturated heterocycles. The molecule has 182 valence electrons. The second-order valence-corrected chi connectivity index (χ2v) is 8.84. The third-order valence-electron chi connectivity index (χ3n) is 6.52. The maximum atomic E-state index is 13.1. The fraction of sp³-hybridized carbons (Fsp3) is 0.375. The molecule has 0 spiro atoms. The summed E-state index contributed by atoms with van der Waals surface area (Å²) in [5.74, 6) is 0.397. The van der Waals surface area contributed by atoms with Crippen molar-refractivity contribution in [3.63, 3.8) is 0 Å². The third kappa shape index (κ3) is 3.97. The Kier molecular flexibility index (Phi) is 5.85. The second-order valence-electron chi connectivity index (χ2n) is 8.84. The molecule has 1 fully saturated rings. The van der Waals surface area contributed by atoms with Gasteiger partial charge in [-0.3, -0.25) is 9.59 Å². The number of ether oxygens (including phenoxy) is 1. The molecule has 4 aromatic heterocycles. The van der Waals surface area contributed by atoms with E-state index in [-0.39, 0.29) is 30.5 Å². The third-order valence-corrected chi connectivity index (χ3v) is 6.52. The van der Waals surface area contributed by atoms with Crippen LogP contribution in [0.1, 0.15) is 23.2 Å². The predicted molar refractivity (Wildman–Crippen MR) is 131 cm³/mol. The number of nitrogens with one attached hydrogen (secondary N) is 2. The lowest BCUT2D eigenvalue weighted by Gasteiger charge is -2.35. The summed E-state index contributed by atoms with van der Waals surface area (Å²) in [4.78, 5) is 36.4. The molecule has 1 aliphatic carbocycles. The Balaban J connectivity index is 1.59. The Bertz CT molecular complexity index is 1420. The minimum Gasteiger partial charge on any atom is -0.379 e. The van der Waals surface area contributed by atoms with Crippen molar-refractivity contribution < 1.29 is 14.3 Å². The molecular formula is C24H28N8O3. The van der Waals surface area contributed by atoms with Gasteiger partial charge in [0.15, 0.2) is 5.65 Å². The van der Waals surface area contributed by atoms with Gasteiger partial charge in [0, 0.05) is 57.7 Å². The number of carbonyl (C=O) groups is 2. The van der Waals surface area contributed by atoms with Gasteiger partial charge in [0.05, 0.1) is 24.0 Å². The number of carbonyl (C=O) groups excluding carboxylic acids is 2. The summed E-state index contributed by atoms with van der Waals surface area (Å²) in [6.07, 6.45) is 6.94. The summed E-state index contributed by atoms with van der Waals surface area (Å²) in [6.45, 7) is 0.157. The van der Waals surface area contributed by atoms with E-state index in [4.69, 9.17) is 9.72 Å². The number of hydrogen-bond donors (Lipinski definition) is 2. The van der Waals surface area contributed by atoms with Crippen LogP contribution in [0, 0.1) is 0 Å². The van der Waals surface area contributed by atoms with Crippen LogP contribution in [0.5, 0.6) is 0 Å². The van der Waals surface area contributed by atoms with Crippen molar-refractivity contribution in [2.75, 3.05) is 33.6 Å². The van der Waals surface area contributed by atoms with Crippen LogP contribution in [0.4, 0.5) is 5.82 Å². The zero-order valence-corrected chi connectivity index (χ0v) is 20.1. The summed E-state index contributed by atoms with van der Waals surface area (Å²) in [5, 5.41) is 11.4. The lowest BCUT2D eigenvalue weighted by molar-refractivity contribution is -0.129. The molecule has 11 heteroatoms. The topological polar surface area (TPSA) is 119 Å². The van der Waals surface area contributed by atoms with Crippen molar-refractivity contribution in [1.82, 2.24) is 34.4 Å². The Hall–Kier alpha value is -3.99. The molecular weight excluding hydrogens is 448 g/mol. The number of hydrogen-bond acceptors (Lipinski definition) is 7. The highest BCUT2D eigenvalue weighted by Crippen LogP contribution is 2.31. The Morgan fingerprint density at radius 2 is 2.09 bits per heavy atom. The molecule has 2 amide bonds. The second kappa shape index (κ2) is 8.99. The predicted octanol–water partition coefficient (Wildman–Crippen LogP) is 1.78. The molecule has 4 aromatic rings. The normalized spacial score (nSPS) is 17.4. The lowest BCUT2D eigenvalue weighted by atomic mass is 9.89. The highest BCUT2D eigenvalue weighted by molar-refractivity contribution is 6.01. The van der Waals surface area contributed by atoms with Crippen molar-refractivity contribution in [3.05, 3.63) is 42.4 Å². The zero-order chi connectivity index (χ0) is 24.7. The maximum Gasteiger partial charge on any atom is 0.257 e. The van der Waals surface area contributed by atoms with E-state index < -0.39 is 0 Å². The highest BCUT2D eigenvalue weighted by Gasteiger charge is 2.33. The van der Waals surface area contributed by atoms with Gasteiger partial charge in [-0.2, -0.15) is 9.61 Å². The van der Waals surface area contributed by atoms with E-state index in [2.05, 4.69) is 20.7 Å². The highest BCUT2D eigenvalue weighted by atomic mass is 16.5. The molecule has 0 radical (unpaired) electrons. The molecule has 1 saturated carbocycles. The maximum absolute atomic E-state index is 13.1. The van der Waals surface area contributed by atoms with Crippen molar-refractivity contribution in [2.24, 2.45) is 0 Å². The minimum absolute atomic E-state index is 0.0207. The Morgan fingerprint density at radius 3 is 2.77 bits per heavy atom. The number of aromatic nitrogens is 5. The van der Waals surface area contributed by atoms with Crippen molar-refractivity contribution in [3.8, 4) is 11.3 Å². The van der Waals surface area contributed by atoms with Gasteiger partial charge in [0.1, 0.15) is 23.6 Å². The van der Waals surface area contributed by atoms with Crippen LogP contribution < -0.4 is 10.6 Å². The van der Waals surface area contributed by atoms with Crippen molar-refractivity contribution >= 4 is 34.3 Å². The Morgan fingerprint density at radius 1 is 1.26 bits per heavy atom. The SMILES string of the molecule is CNc1cc(-c2cn(CC(=O)N(C)C)c3ncccc23)nc2c(C(=O)NC3CC[C@H]3OC)cnn12. The number of amides is 2. The number of fused-ring (bicyclic) bond motifs is 2. The summed E-state index contributed by atoms with van der Waals surface area (Å²) in [6, 6.07) is 5.65. The molecule has 2 N–H and O–H groups in total. The molecule has 0 aromatic carbocycles. The monoisotopic (exact) mass is 476 g/mol. The summed E-state index contributed by atoms with van der Waals surface area (Å²) >= 11 is 0. The van der Waals surface area contributed by atoms with Crippen LogP contribution in [0.15, 0.2) is 36.8 Å². The van der Waals surface area contributed by atoms with E-state index in [1.807, 2.05) is 29.0 Å². The van der Waals surface area contributed by atoms with E-state index >= 15 is 0 Å². The summed E-state index contributed by atoms with van der Waals surface area (Å²) in [7, 11) is 6.89. The van der Waals surface area contributed by atoms with E-state index in [9.17, 15) is 9.59 Å². The molecule has 1 unspecified atom stereocenters. The van der Waals surface area contributed by atoms with Gasteiger partial charge in [0.2, 0.25) is 5.91 Å². The van der Waals surface area contributed by atoms with Crippen LogP contribution in [-0.2, 0) is 16.1 Å². The van der Waals surface area contributed by atoms with Crippen molar-refractivity contribution in [2.45, 2.75) is 31.5 Å². The average molecular weight is 477 g/mol. The van der Waals surface area contributed by atoms with E-state index in [1.54, 1.807) is 43.9 Å². The van der Waals surface area contributed by atoms with Crippen LogP contribution in [-0.4, -0.2) is 81.3 Å². The van der Waals surface area contributed by atoms with Crippen LogP contribution in [0.25, 0.3) is 27.9 Å². The van der Waals surface area contributed by atoms with Gasteiger partial charge in [0.25, 0.3) is 5.91 Å². The van der Waals surface area contributed by atoms with E-state index in [0.717, 1.165) is 23.8 Å². The molecule has 4 heterocycles. The number of rotatable bonds is 7. The van der Waals surface area contributed by atoms with Crippen LogP contribution in [0.2, 0.25) is 0 Å². The first-order chi connectivity index (χ1) is 16.9. The van der Waals surface area contributed by atoms with Crippen LogP contribution in [0.3, 0.4) is 0 Å². The van der Waals surface area contributed by atoms with Gasteiger partial charge in [-0.15, -0.1) is 0 Å². The van der Waals surface area contributed by atoms with Gasteiger partial charge in [-0.1, -0.05) is 0 Å². The molecule has 11 nitrogen and oxygen atoms in total. The number of pyridine rings is 1. The van der Waals surface area contributed by atoms with Crippen molar-refractivity contribution in [1.29, 1.82) is 0 Å². The first-order valence-electron chi connectivity index (χ1n) is 11.5. The van der Waals surface area contributed by atoms with Gasteiger partial charge in [-0.05, 0) is 25.0 Å². The summed E-state index contributed by atoms with van der Waals surface area (Å²) in [5.41, 5.74) is 2.96. The fourth-order valence-electron chi connectivity index (χ4n) is 4.34. The van der Waals surface area contributed by atoms with E-state index in [1.165, 1.54) is 6.20 Å². The molecule has 1 aliphatic rings. The molecule has 5 rings (SSSR count). The molecule has 0 aliphatic heterocycles. The lowest BCUT2D eigenvalue weighted by Crippen LogP contribution is -2.51. The van der Waals surface area contributed by atoms with Gasteiger partial charge in [-0.25, -0.2) is 9.97 Å². The van der Waals surface area contributed by atoms with E-state index in [0.29, 0.717) is 28.4 Å². The first kappa shape index (κ1) is 22.8. The largest absolute Gasteiger partial charge is 0.379 e. The number of methoxy groups -OCH3 is 1. The van der Waals surface area contributed by atoms with Crippen LogP contribution >= 0.6 is 0 Å². The molecule has 35 heavy (non-hydrogen) atoms. The average Bonchev–Trinajstić information content (AvgIpc) is 3.43. The fourth-order valence-corrected chi connectivity index (χ4v) is 4.34. The zero-order valence-electron chi connectivity index (χ0n) is 20.1. The first-order valence-corrected chi connectivity index (χ1v) is 11.5. The molecule has 0 bridgehead atoms. The Labute approximate surface area is 202 Å². The smallest absolute Gasteiger partial charge is 0.257 e. The minimum atomic E-state index is -0.237. The number of anilines is 1. The summed E-state index contributed by atoms with van der Waals surface area (Å²) < 4.78 is 8.84. The number of nitrogens with zero attached hydrogens (tertiary/aromatic N) is 6.